The number of fused-ring (bicyclic) bond motifs is 1. The van der Waals surface area contributed by atoms with Crippen LogP contribution < -0.4 is 4.90 Å². The summed E-state index contributed by atoms with van der Waals surface area (Å²) in [5.74, 6) is 0. The molecular formula is C20H20N2. The van der Waals surface area contributed by atoms with Crippen LogP contribution in [0.3, 0.4) is 0 Å². The molecule has 3 aromatic rings. The van der Waals surface area contributed by atoms with Crippen molar-refractivity contribution in [3.63, 3.8) is 0 Å². The Morgan fingerprint density at radius 1 is 0.909 bits per heavy atom. The SMILES string of the molecule is Cc1cccc2c(/C=C\c3ccc(N(C)C)cc3)ccnc12. The minimum absolute atomic E-state index is 1.08. The van der Waals surface area contributed by atoms with Crippen molar-refractivity contribution in [1.29, 1.82) is 0 Å². The van der Waals surface area contributed by atoms with Gasteiger partial charge in [-0.3, -0.25) is 4.98 Å². The van der Waals surface area contributed by atoms with Gasteiger partial charge in [0.2, 0.25) is 0 Å². The minimum Gasteiger partial charge on any atom is -0.378 e. The number of pyridine rings is 1. The van der Waals surface area contributed by atoms with E-state index in [0.29, 0.717) is 0 Å². The molecular weight excluding hydrogens is 268 g/mol. The summed E-state index contributed by atoms with van der Waals surface area (Å²) in [6.45, 7) is 2.10. The third-order valence-electron chi connectivity index (χ3n) is 3.87. The highest BCUT2D eigenvalue weighted by Crippen LogP contribution is 2.22. The molecule has 0 radical (unpaired) electrons. The molecule has 0 aliphatic heterocycles. The van der Waals surface area contributed by atoms with Crippen LogP contribution in [-0.2, 0) is 0 Å². The van der Waals surface area contributed by atoms with Crippen LogP contribution in [0.25, 0.3) is 23.1 Å². The first-order chi connectivity index (χ1) is 10.6. The number of aryl methyl sites for hydroxylation is 1. The van der Waals surface area contributed by atoms with Gasteiger partial charge < -0.3 is 4.90 Å². The summed E-state index contributed by atoms with van der Waals surface area (Å²) in [4.78, 5) is 6.59. The molecule has 3 rings (SSSR count). The van der Waals surface area contributed by atoms with Gasteiger partial charge >= 0.3 is 0 Å². The van der Waals surface area contributed by atoms with Gasteiger partial charge in [0.15, 0.2) is 0 Å². The van der Waals surface area contributed by atoms with E-state index in [4.69, 9.17) is 0 Å². The Bertz CT molecular complexity index is 815. The van der Waals surface area contributed by atoms with Gasteiger partial charge in [-0.25, -0.2) is 0 Å². The molecule has 110 valence electrons. The van der Waals surface area contributed by atoms with Crippen molar-refractivity contribution in [2.45, 2.75) is 6.92 Å². The first-order valence-corrected chi connectivity index (χ1v) is 7.45. The second-order valence-electron chi connectivity index (χ2n) is 5.69. The second kappa shape index (κ2) is 6.02. The van der Waals surface area contributed by atoms with Gasteiger partial charge in [0.1, 0.15) is 0 Å². The van der Waals surface area contributed by atoms with E-state index in [2.05, 4.69) is 91.6 Å². The van der Waals surface area contributed by atoms with Crippen molar-refractivity contribution >= 4 is 28.7 Å². The number of rotatable bonds is 3. The fraction of sp³-hybridized carbons (Fsp3) is 0.150. The molecule has 2 aromatic carbocycles. The van der Waals surface area contributed by atoms with Crippen LogP contribution in [0.15, 0.2) is 54.7 Å². The van der Waals surface area contributed by atoms with Crippen LogP contribution >= 0.6 is 0 Å². The van der Waals surface area contributed by atoms with E-state index in [-0.39, 0.29) is 0 Å². The lowest BCUT2D eigenvalue weighted by atomic mass is 10.0. The van der Waals surface area contributed by atoms with Crippen LogP contribution in [0.4, 0.5) is 5.69 Å². The number of hydrogen-bond donors (Lipinski definition) is 0. The number of anilines is 1. The van der Waals surface area contributed by atoms with E-state index in [0.717, 1.165) is 5.52 Å². The third-order valence-corrected chi connectivity index (χ3v) is 3.87. The van der Waals surface area contributed by atoms with E-state index in [9.17, 15) is 0 Å². The van der Waals surface area contributed by atoms with Crippen molar-refractivity contribution in [1.82, 2.24) is 4.98 Å². The Morgan fingerprint density at radius 2 is 1.68 bits per heavy atom. The van der Waals surface area contributed by atoms with Crippen molar-refractivity contribution in [3.8, 4) is 0 Å². The molecule has 0 bridgehead atoms. The highest BCUT2D eigenvalue weighted by atomic mass is 15.1. The van der Waals surface area contributed by atoms with Gasteiger partial charge in [-0.15, -0.1) is 0 Å². The molecule has 1 heterocycles. The van der Waals surface area contributed by atoms with Gasteiger partial charge in [-0.05, 0) is 41.8 Å². The van der Waals surface area contributed by atoms with Crippen LogP contribution in [0.5, 0.6) is 0 Å². The number of benzene rings is 2. The molecule has 0 saturated heterocycles. The number of hydrogen-bond acceptors (Lipinski definition) is 2. The largest absolute Gasteiger partial charge is 0.378 e. The molecule has 0 unspecified atom stereocenters. The average molecular weight is 288 g/mol. The smallest absolute Gasteiger partial charge is 0.0737 e. The minimum atomic E-state index is 1.08. The third kappa shape index (κ3) is 2.86. The lowest BCUT2D eigenvalue weighted by Crippen LogP contribution is -2.07. The molecule has 0 N–H and O–H groups in total. The van der Waals surface area contributed by atoms with Crippen LogP contribution in [-0.4, -0.2) is 19.1 Å². The summed E-state index contributed by atoms with van der Waals surface area (Å²) < 4.78 is 0. The first-order valence-electron chi connectivity index (χ1n) is 7.45. The lowest BCUT2D eigenvalue weighted by molar-refractivity contribution is 1.13. The highest BCUT2D eigenvalue weighted by Gasteiger charge is 2.01. The van der Waals surface area contributed by atoms with E-state index in [1.165, 1.54) is 27.8 Å². The normalized spacial score (nSPS) is 11.2. The molecule has 1 aromatic heterocycles. The number of nitrogens with zero attached hydrogens (tertiary/aromatic N) is 2. The zero-order chi connectivity index (χ0) is 15.5. The molecule has 2 nitrogen and oxygen atoms in total. The van der Waals surface area contributed by atoms with Gasteiger partial charge in [0.25, 0.3) is 0 Å². The van der Waals surface area contributed by atoms with Crippen molar-refractivity contribution in [2.24, 2.45) is 0 Å². The predicted molar refractivity (Wildman–Crippen MR) is 96.2 cm³/mol. The Morgan fingerprint density at radius 3 is 2.41 bits per heavy atom. The van der Waals surface area contributed by atoms with E-state index in [1.54, 1.807) is 0 Å². The van der Waals surface area contributed by atoms with Gasteiger partial charge in [-0.1, -0.05) is 42.5 Å². The molecule has 0 aliphatic carbocycles. The molecule has 0 spiro atoms. The molecule has 22 heavy (non-hydrogen) atoms. The standard InChI is InChI=1S/C20H20N2/c1-15-5-4-6-19-17(13-14-21-20(15)19)10-7-16-8-11-18(12-9-16)22(2)3/h4-14H,1-3H3/b10-7-. The Labute approximate surface area is 131 Å². The summed E-state index contributed by atoms with van der Waals surface area (Å²) in [7, 11) is 4.10. The second-order valence-corrected chi connectivity index (χ2v) is 5.69. The highest BCUT2D eigenvalue weighted by molar-refractivity contribution is 5.92. The predicted octanol–water partition coefficient (Wildman–Crippen LogP) is 4.78. The monoisotopic (exact) mass is 288 g/mol. The van der Waals surface area contributed by atoms with Gasteiger partial charge in [-0.2, -0.15) is 0 Å². The summed E-state index contributed by atoms with van der Waals surface area (Å²) in [5.41, 5.74) is 5.89. The first kappa shape index (κ1) is 14.3. The molecule has 0 aliphatic rings. The molecule has 0 fully saturated rings. The zero-order valence-electron chi connectivity index (χ0n) is 13.2. The summed E-state index contributed by atoms with van der Waals surface area (Å²) in [5, 5.41) is 1.20. The summed E-state index contributed by atoms with van der Waals surface area (Å²) >= 11 is 0. The van der Waals surface area contributed by atoms with Crippen molar-refractivity contribution in [2.75, 3.05) is 19.0 Å². The van der Waals surface area contributed by atoms with Gasteiger partial charge in [0, 0.05) is 31.4 Å². The summed E-state index contributed by atoms with van der Waals surface area (Å²) in [6, 6.07) is 16.9. The molecule has 2 heteroatoms. The van der Waals surface area contributed by atoms with Crippen LogP contribution in [0.2, 0.25) is 0 Å². The zero-order valence-corrected chi connectivity index (χ0v) is 13.2. The molecule has 0 atom stereocenters. The van der Waals surface area contributed by atoms with Crippen molar-refractivity contribution < 1.29 is 0 Å². The number of aromatic nitrogens is 1. The Kier molecular flexibility index (Phi) is 3.92. The van der Waals surface area contributed by atoms with E-state index in [1.807, 2.05) is 6.20 Å². The van der Waals surface area contributed by atoms with Crippen LogP contribution in [0, 0.1) is 6.92 Å². The average Bonchev–Trinajstić information content (AvgIpc) is 2.54. The molecule has 0 saturated carbocycles. The van der Waals surface area contributed by atoms with Crippen molar-refractivity contribution in [3.05, 3.63) is 71.4 Å². The maximum Gasteiger partial charge on any atom is 0.0737 e. The maximum absolute atomic E-state index is 4.49. The van der Waals surface area contributed by atoms with E-state index < -0.39 is 0 Å². The van der Waals surface area contributed by atoms with E-state index >= 15 is 0 Å². The Hall–Kier alpha value is -2.61. The topological polar surface area (TPSA) is 16.1 Å². The Balaban J connectivity index is 1.94. The number of para-hydroxylation sites is 1. The fourth-order valence-corrected chi connectivity index (χ4v) is 2.56. The maximum atomic E-state index is 4.49. The molecule has 0 amide bonds. The summed E-state index contributed by atoms with van der Waals surface area (Å²) in [6.07, 6.45) is 6.19. The fourth-order valence-electron chi connectivity index (χ4n) is 2.56. The lowest BCUT2D eigenvalue weighted by Gasteiger charge is -2.11. The van der Waals surface area contributed by atoms with Gasteiger partial charge in [0.05, 0.1) is 5.52 Å². The quantitative estimate of drug-likeness (QED) is 0.689. The van der Waals surface area contributed by atoms with Crippen LogP contribution in [0.1, 0.15) is 16.7 Å².